The number of hydrogen-bond acceptors (Lipinski definition) is 4. The standard InChI is InChI=1S/C16H21N3O4/c1-10-6-5-7-12(19(22)23)14(10)17-15(21)11-8-13(20)18(9-11)16(2,3)4/h5-7,11H,8-9H2,1-4H3,(H,17,21). The smallest absolute Gasteiger partial charge is 0.293 e. The minimum absolute atomic E-state index is 0.0723. The van der Waals surface area contributed by atoms with Gasteiger partial charge in [-0.1, -0.05) is 12.1 Å². The molecule has 7 nitrogen and oxygen atoms in total. The summed E-state index contributed by atoms with van der Waals surface area (Å²) in [5.74, 6) is -0.930. The highest BCUT2D eigenvalue weighted by molar-refractivity contribution is 5.99. The molecule has 124 valence electrons. The molecule has 1 saturated heterocycles. The van der Waals surface area contributed by atoms with Gasteiger partial charge in [-0.3, -0.25) is 19.7 Å². The number of nitrogens with one attached hydrogen (secondary N) is 1. The summed E-state index contributed by atoms with van der Waals surface area (Å²) in [4.78, 5) is 36.8. The Balaban J connectivity index is 2.19. The van der Waals surface area contributed by atoms with Crippen molar-refractivity contribution in [3.8, 4) is 0 Å². The van der Waals surface area contributed by atoms with Gasteiger partial charge in [0.2, 0.25) is 11.8 Å². The fourth-order valence-corrected chi connectivity index (χ4v) is 2.72. The summed E-state index contributed by atoms with van der Waals surface area (Å²) in [5.41, 5.74) is 0.324. The molecule has 7 heteroatoms. The Morgan fingerprint density at radius 3 is 2.57 bits per heavy atom. The maximum Gasteiger partial charge on any atom is 0.293 e. The zero-order chi connectivity index (χ0) is 17.4. The molecule has 0 aliphatic carbocycles. The van der Waals surface area contributed by atoms with Gasteiger partial charge in [0.15, 0.2) is 0 Å². The van der Waals surface area contributed by atoms with Gasteiger partial charge >= 0.3 is 0 Å². The summed E-state index contributed by atoms with van der Waals surface area (Å²) in [6, 6.07) is 4.62. The molecule has 1 aromatic carbocycles. The minimum atomic E-state index is -0.524. The molecule has 1 N–H and O–H groups in total. The van der Waals surface area contributed by atoms with Crippen LogP contribution in [0, 0.1) is 23.0 Å². The summed E-state index contributed by atoms with van der Waals surface area (Å²) < 4.78 is 0. The molecule has 1 heterocycles. The summed E-state index contributed by atoms with van der Waals surface area (Å²) in [7, 11) is 0. The molecule has 0 radical (unpaired) electrons. The van der Waals surface area contributed by atoms with Crippen LogP contribution in [-0.4, -0.2) is 33.7 Å². The molecular weight excluding hydrogens is 298 g/mol. The van der Waals surface area contributed by atoms with Crippen molar-refractivity contribution < 1.29 is 14.5 Å². The van der Waals surface area contributed by atoms with Crippen LogP contribution >= 0.6 is 0 Å². The predicted molar refractivity (Wildman–Crippen MR) is 86.0 cm³/mol. The number of nitro groups is 1. The molecule has 23 heavy (non-hydrogen) atoms. The van der Waals surface area contributed by atoms with Crippen molar-refractivity contribution in [2.45, 2.75) is 39.7 Å². The van der Waals surface area contributed by atoms with Crippen molar-refractivity contribution in [3.63, 3.8) is 0 Å². The van der Waals surface area contributed by atoms with Crippen LogP contribution in [0.2, 0.25) is 0 Å². The van der Waals surface area contributed by atoms with Crippen molar-refractivity contribution in [1.29, 1.82) is 0 Å². The van der Waals surface area contributed by atoms with Gasteiger partial charge in [-0.05, 0) is 33.3 Å². The van der Waals surface area contributed by atoms with Gasteiger partial charge in [0.1, 0.15) is 5.69 Å². The molecule has 1 aromatic rings. The van der Waals surface area contributed by atoms with Crippen molar-refractivity contribution >= 4 is 23.2 Å². The Kier molecular flexibility index (Phi) is 4.40. The first-order valence-electron chi connectivity index (χ1n) is 7.46. The number of anilines is 1. The second-order valence-corrected chi connectivity index (χ2v) is 6.79. The molecule has 2 amide bonds. The van der Waals surface area contributed by atoms with Crippen LogP contribution in [0.4, 0.5) is 11.4 Å². The Bertz CT molecular complexity index is 664. The number of nitrogens with zero attached hydrogens (tertiary/aromatic N) is 2. The van der Waals surface area contributed by atoms with Crippen LogP contribution < -0.4 is 5.32 Å². The zero-order valence-electron chi connectivity index (χ0n) is 13.8. The second-order valence-electron chi connectivity index (χ2n) is 6.79. The number of para-hydroxylation sites is 1. The zero-order valence-corrected chi connectivity index (χ0v) is 13.8. The van der Waals surface area contributed by atoms with E-state index >= 15 is 0 Å². The van der Waals surface area contributed by atoms with E-state index in [1.54, 1.807) is 24.0 Å². The maximum atomic E-state index is 12.4. The van der Waals surface area contributed by atoms with E-state index in [2.05, 4.69) is 5.32 Å². The lowest BCUT2D eigenvalue weighted by molar-refractivity contribution is -0.384. The molecule has 1 fully saturated rings. The normalized spacial score (nSPS) is 18.2. The molecule has 1 aliphatic heterocycles. The fraction of sp³-hybridized carbons (Fsp3) is 0.500. The molecule has 0 spiro atoms. The number of carbonyl (C=O) groups is 2. The number of aryl methyl sites for hydroxylation is 1. The quantitative estimate of drug-likeness (QED) is 0.684. The van der Waals surface area contributed by atoms with Gasteiger partial charge in [0.25, 0.3) is 5.69 Å². The highest BCUT2D eigenvalue weighted by atomic mass is 16.6. The summed E-state index contributed by atoms with van der Waals surface area (Å²) in [6.07, 6.45) is 0.128. The third-order valence-electron chi connectivity index (χ3n) is 4.00. The van der Waals surface area contributed by atoms with Gasteiger partial charge < -0.3 is 10.2 Å². The van der Waals surface area contributed by atoms with Crippen LogP contribution in [0.5, 0.6) is 0 Å². The third kappa shape index (κ3) is 3.49. The third-order valence-corrected chi connectivity index (χ3v) is 4.00. The Hall–Kier alpha value is -2.44. The molecule has 1 atom stereocenters. The molecule has 0 saturated carbocycles. The van der Waals surface area contributed by atoms with Crippen LogP contribution in [-0.2, 0) is 9.59 Å². The summed E-state index contributed by atoms with van der Waals surface area (Å²) in [5, 5.41) is 13.7. The van der Waals surface area contributed by atoms with Crippen LogP contribution in [0.1, 0.15) is 32.8 Å². The van der Waals surface area contributed by atoms with Gasteiger partial charge in [-0.2, -0.15) is 0 Å². The van der Waals surface area contributed by atoms with Crippen molar-refractivity contribution in [3.05, 3.63) is 33.9 Å². The van der Waals surface area contributed by atoms with E-state index in [1.165, 1.54) is 6.07 Å². The SMILES string of the molecule is Cc1cccc([N+](=O)[O-])c1NC(=O)C1CC(=O)N(C(C)(C)C)C1. The Morgan fingerprint density at radius 1 is 1.39 bits per heavy atom. The molecular formula is C16H21N3O4. The predicted octanol–water partition coefficient (Wildman–Crippen LogP) is 2.49. The topological polar surface area (TPSA) is 92.5 Å². The summed E-state index contributed by atoms with van der Waals surface area (Å²) >= 11 is 0. The first-order valence-corrected chi connectivity index (χ1v) is 7.46. The van der Waals surface area contributed by atoms with E-state index in [4.69, 9.17) is 0 Å². The van der Waals surface area contributed by atoms with E-state index in [9.17, 15) is 19.7 Å². The van der Waals surface area contributed by atoms with E-state index in [1.807, 2.05) is 20.8 Å². The first kappa shape index (κ1) is 16.9. The lowest BCUT2D eigenvalue weighted by atomic mass is 10.1. The highest BCUT2D eigenvalue weighted by Crippen LogP contribution is 2.30. The average Bonchev–Trinajstić information content (AvgIpc) is 2.82. The summed E-state index contributed by atoms with van der Waals surface area (Å²) in [6.45, 7) is 7.77. The van der Waals surface area contributed by atoms with Gasteiger partial charge in [-0.15, -0.1) is 0 Å². The van der Waals surface area contributed by atoms with E-state index in [0.717, 1.165) is 0 Å². The molecule has 1 aliphatic rings. The number of hydrogen-bond donors (Lipinski definition) is 1. The van der Waals surface area contributed by atoms with Crippen molar-refractivity contribution in [1.82, 2.24) is 4.90 Å². The fourth-order valence-electron chi connectivity index (χ4n) is 2.72. The van der Waals surface area contributed by atoms with E-state index in [-0.39, 0.29) is 35.1 Å². The van der Waals surface area contributed by atoms with Crippen molar-refractivity contribution in [2.75, 3.05) is 11.9 Å². The van der Waals surface area contributed by atoms with Crippen LogP contribution in [0.25, 0.3) is 0 Å². The number of nitro benzene ring substituents is 1. The van der Waals surface area contributed by atoms with E-state index < -0.39 is 10.8 Å². The molecule has 1 unspecified atom stereocenters. The number of amides is 2. The largest absolute Gasteiger partial charge is 0.337 e. The Labute approximate surface area is 134 Å². The number of carbonyl (C=O) groups excluding carboxylic acids is 2. The number of likely N-dealkylation sites (tertiary alicyclic amines) is 1. The van der Waals surface area contributed by atoms with E-state index in [0.29, 0.717) is 12.1 Å². The maximum absolute atomic E-state index is 12.4. The first-order chi connectivity index (χ1) is 10.6. The molecule has 2 rings (SSSR count). The lowest BCUT2D eigenvalue weighted by Gasteiger charge is -2.31. The Morgan fingerprint density at radius 2 is 2.04 bits per heavy atom. The number of rotatable bonds is 3. The monoisotopic (exact) mass is 319 g/mol. The van der Waals surface area contributed by atoms with Gasteiger partial charge in [0.05, 0.1) is 10.8 Å². The number of benzene rings is 1. The average molecular weight is 319 g/mol. The molecule has 0 aromatic heterocycles. The second kappa shape index (κ2) is 5.98. The van der Waals surface area contributed by atoms with Crippen LogP contribution in [0.15, 0.2) is 18.2 Å². The molecule has 0 bridgehead atoms. The van der Waals surface area contributed by atoms with Crippen molar-refractivity contribution in [2.24, 2.45) is 5.92 Å². The lowest BCUT2D eigenvalue weighted by Crippen LogP contribution is -2.42. The highest BCUT2D eigenvalue weighted by Gasteiger charge is 2.39. The van der Waals surface area contributed by atoms with Crippen LogP contribution in [0.3, 0.4) is 0 Å². The van der Waals surface area contributed by atoms with Gasteiger partial charge in [-0.25, -0.2) is 0 Å². The van der Waals surface area contributed by atoms with Gasteiger partial charge in [0, 0.05) is 24.6 Å². The minimum Gasteiger partial charge on any atom is -0.337 e.